The predicted octanol–water partition coefficient (Wildman–Crippen LogP) is 3.61. The van der Waals surface area contributed by atoms with Crippen molar-refractivity contribution in [2.75, 3.05) is 9.80 Å². The zero-order chi connectivity index (χ0) is 19.7. The first-order chi connectivity index (χ1) is 13.6. The average molecular weight is 371 g/mol. The van der Waals surface area contributed by atoms with Gasteiger partial charge in [0.2, 0.25) is 0 Å². The van der Waals surface area contributed by atoms with E-state index >= 15 is 0 Å². The Morgan fingerprint density at radius 2 is 1.21 bits per heavy atom. The van der Waals surface area contributed by atoms with E-state index in [2.05, 4.69) is 0 Å². The van der Waals surface area contributed by atoms with Gasteiger partial charge < -0.3 is 4.57 Å². The molecule has 0 N–H and O–H groups in total. The lowest BCUT2D eigenvalue weighted by atomic mass is 10.1. The molecule has 4 amide bonds. The molecule has 0 bridgehead atoms. The number of carbonyl (C=O) groups excluding carboxylic acids is 3. The molecular weight excluding hydrogens is 354 g/mol. The summed E-state index contributed by atoms with van der Waals surface area (Å²) in [5.74, 6) is -1.28. The Kier molecular flexibility index (Phi) is 4.37. The van der Waals surface area contributed by atoms with Gasteiger partial charge in [-0.2, -0.15) is 0 Å². The van der Waals surface area contributed by atoms with Crippen molar-refractivity contribution in [3.8, 4) is 0 Å². The Hall–Kier alpha value is -3.93. The van der Waals surface area contributed by atoms with Gasteiger partial charge in [-0.15, -0.1) is 0 Å². The summed E-state index contributed by atoms with van der Waals surface area (Å²) in [7, 11) is 1.85. The number of benzene rings is 2. The highest BCUT2D eigenvalue weighted by Gasteiger charge is 2.43. The molecule has 0 aliphatic carbocycles. The first-order valence-electron chi connectivity index (χ1n) is 8.73. The lowest BCUT2D eigenvalue weighted by Gasteiger charge is -2.33. The van der Waals surface area contributed by atoms with Crippen LogP contribution in [0.15, 0.2) is 84.7 Å². The molecule has 0 saturated carbocycles. The zero-order valence-corrected chi connectivity index (χ0v) is 15.1. The van der Waals surface area contributed by atoms with E-state index in [9.17, 15) is 14.4 Å². The topological polar surface area (TPSA) is 62.6 Å². The van der Waals surface area contributed by atoms with Crippen LogP contribution < -0.4 is 9.80 Å². The smallest absolute Gasteiger partial charge is 0.343 e. The van der Waals surface area contributed by atoms with Crippen molar-refractivity contribution in [1.29, 1.82) is 0 Å². The molecule has 6 heteroatoms. The maximum atomic E-state index is 13.1. The highest BCUT2D eigenvalue weighted by atomic mass is 16.2. The Bertz CT molecular complexity index is 1020. The summed E-state index contributed by atoms with van der Waals surface area (Å²) < 4.78 is 1.82. The molecule has 1 saturated heterocycles. The second-order valence-electron chi connectivity index (χ2n) is 6.40. The first-order valence-corrected chi connectivity index (χ1v) is 8.73. The van der Waals surface area contributed by atoms with Crippen LogP contribution in [0.3, 0.4) is 0 Å². The van der Waals surface area contributed by atoms with Gasteiger partial charge in [-0.25, -0.2) is 14.6 Å². The summed E-state index contributed by atoms with van der Waals surface area (Å²) >= 11 is 0. The number of nitrogens with zero attached hydrogens (tertiary/aromatic N) is 3. The molecule has 1 aliphatic rings. The number of carbonyl (C=O) groups is 3. The van der Waals surface area contributed by atoms with E-state index in [1.54, 1.807) is 72.9 Å². The van der Waals surface area contributed by atoms with Gasteiger partial charge in [0.05, 0.1) is 11.4 Å². The Labute approximate surface area is 161 Å². The number of urea groups is 1. The second-order valence-corrected chi connectivity index (χ2v) is 6.40. The van der Waals surface area contributed by atoms with Crippen LogP contribution in [-0.2, 0) is 16.6 Å². The van der Waals surface area contributed by atoms with Gasteiger partial charge >= 0.3 is 6.03 Å². The molecule has 0 unspecified atom stereocenters. The Morgan fingerprint density at radius 1 is 0.714 bits per heavy atom. The number of rotatable bonds is 3. The van der Waals surface area contributed by atoms with Gasteiger partial charge in [0.25, 0.3) is 11.8 Å². The van der Waals surface area contributed by atoms with Gasteiger partial charge in [-0.1, -0.05) is 36.4 Å². The number of aromatic nitrogens is 1. The fraction of sp³-hybridized carbons (Fsp3) is 0.0455. The number of hydrogen-bond acceptors (Lipinski definition) is 3. The molecule has 2 aromatic carbocycles. The summed E-state index contributed by atoms with van der Waals surface area (Å²) in [4.78, 5) is 41.4. The summed E-state index contributed by atoms with van der Waals surface area (Å²) in [6.45, 7) is 0. The molecule has 4 rings (SSSR count). The molecule has 28 heavy (non-hydrogen) atoms. The number of para-hydroxylation sites is 2. The minimum absolute atomic E-state index is 0.0708. The molecule has 6 nitrogen and oxygen atoms in total. The van der Waals surface area contributed by atoms with Crippen molar-refractivity contribution in [1.82, 2.24) is 4.57 Å². The largest absolute Gasteiger partial charge is 0.357 e. The van der Waals surface area contributed by atoms with Crippen LogP contribution in [0.25, 0.3) is 6.08 Å². The van der Waals surface area contributed by atoms with Crippen LogP contribution in [0, 0.1) is 0 Å². The molecule has 0 radical (unpaired) electrons. The van der Waals surface area contributed by atoms with E-state index in [0.29, 0.717) is 16.9 Å². The molecule has 138 valence electrons. The van der Waals surface area contributed by atoms with Crippen molar-refractivity contribution in [3.05, 3.63) is 90.3 Å². The van der Waals surface area contributed by atoms with E-state index in [1.165, 1.54) is 6.08 Å². The summed E-state index contributed by atoms with van der Waals surface area (Å²) in [5, 5.41) is 0. The maximum Gasteiger partial charge on any atom is 0.343 e. The number of aryl methyl sites for hydroxylation is 1. The van der Waals surface area contributed by atoms with Gasteiger partial charge in [0.15, 0.2) is 0 Å². The van der Waals surface area contributed by atoms with Crippen molar-refractivity contribution >= 4 is 35.3 Å². The van der Waals surface area contributed by atoms with Crippen LogP contribution >= 0.6 is 0 Å². The third kappa shape index (κ3) is 3.01. The predicted molar refractivity (Wildman–Crippen MR) is 107 cm³/mol. The summed E-state index contributed by atoms with van der Waals surface area (Å²) in [5.41, 5.74) is 1.45. The summed E-state index contributed by atoms with van der Waals surface area (Å²) in [6.07, 6.45) is 5.13. The van der Waals surface area contributed by atoms with Gasteiger partial charge in [0.1, 0.15) is 5.57 Å². The number of hydrogen-bond donors (Lipinski definition) is 0. The number of amides is 4. The fourth-order valence-corrected chi connectivity index (χ4v) is 3.12. The Balaban J connectivity index is 1.86. The summed E-state index contributed by atoms with van der Waals surface area (Å²) in [6, 6.07) is 18.3. The van der Waals surface area contributed by atoms with E-state index in [-0.39, 0.29) is 5.57 Å². The van der Waals surface area contributed by atoms with Crippen molar-refractivity contribution in [2.24, 2.45) is 7.05 Å². The van der Waals surface area contributed by atoms with Gasteiger partial charge in [0, 0.05) is 19.4 Å². The quantitative estimate of drug-likeness (QED) is 0.522. The maximum absolute atomic E-state index is 13.1. The SMILES string of the molecule is Cn1ccc(C=C2C(=O)N(c3ccccc3)C(=O)N(c3ccccc3)C2=O)c1. The third-order valence-corrected chi connectivity index (χ3v) is 4.44. The lowest BCUT2D eigenvalue weighted by Crippen LogP contribution is -2.57. The van der Waals surface area contributed by atoms with E-state index in [4.69, 9.17) is 0 Å². The normalized spacial score (nSPS) is 14.6. The highest BCUT2D eigenvalue weighted by Crippen LogP contribution is 2.29. The fourth-order valence-electron chi connectivity index (χ4n) is 3.12. The van der Waals surface area contributed by atoms with Crippen LogP contribution in [0.2, 0.25) is 0 Å². The van der Waals surface area contributed by atoms with E-state index in [1.807, 2.05) is 17.8 Å². The standard InChI is InChI=1S/C22H17N3O3/c1-23-13-12-16(15-23)14-19-20(26)24(17-8-4-2-5-9-17)22(28)25(21(19)27)18-10-6-3-7-11-18/h2-15H,1H3. The monoisotopic (exact) mass is 371 g/mol. The molecule has 1 aliphatic heterocycles. The minimum atomic E-state index is -0.697. The highest BCUT2D eigenvalue weighted by molar-refractivity contribution is 6.46. The molecule has 2 heterocycles. The minimum Gasteiger partial charge on any atom is -0.357 e. The van der Waals surface area contributed by atoms with Gasteiger partial charge in [-0.3, -0.25) is 9.59 Å². The van der Waals surface area contributed by atoms with Crippen LogP contribution in [-0.4, -0.2) is 22.4 Å². The third-order valence-electron chi connectivity index (χ3n) is 4.44. The van der Waals surface area contributed by atoms with Crippen LogP contribution in [0.1, 0.15) is 5.56 Å². The van der Waals surface area contributed by atoms with Crippen molar-refractivity contribution in [2.45, 2.75) is 0 Å². The molecule has 3 aromatic rings. The number of imide groups is 2. The van der Waals surface area contributed by atoms with Gasteiger partial charge in [-0.05, 0) is 42.0 Å². The number of barbiturate groups is 1. The van der Waals surface area contributed by atoms with Crippen LogP contribution in [0.4, 0.5) is 16.2 Å². The molecule has 0 spiro atoms. The Morgan fingerprint density at radius 3 is 1.64 bits per heavy atom. The molecular formula is C22H17N3O3. The molecule has 1 aromatic heterocycles. The van der Waals surface area contributed by atoms with E-state index < -0.39 is 17.8 Å². The van der Waals surface area contributed by atoms with Crippen molar-refractivity contribution in [3.63, 3.8) is 0 Å². The second kappa shape index (κ2) is 7.00. The molecule has 1 fully saturated rings. The van der Waals surface area contributed by atoms with Crippen LogP contribution in [0.5, 0.6) is 0 Å². The molecule has 0 atom stereocenters. The average Bonchev–Trinajstić information content (AvgIpc) is 3.12. The lowest BCUT2D eigenvalue weighted by molar-refractivity contribution is -0.121. The zero-order valence-electron chi connectivity index (χ0n) is 15.1. The number of anilines is 2. The first kappa shape index (κ1) is 17.5. The van der Waals surface area contributed by atoms with Crippen molar-refractivity contribution < 1.29 is 14.4 Å². The van der Waals surface area contributed by atoms with E-state index in [0.717, 1.165) is 9.80 Å².